The molecule has 0 fully saturated rings. The van der Waals surface area contributed by atoms with Gasteiger partial charge in [-0.25, -0.2) is 0 Å². The van der Waals surface area contributed by atoms with Crippen LogP contribution in [0, 0.1) is 0 Å². The molecule has 0 amide bonds. The summed E-state index contributed by atoms with van der Waals surface area (Å²) in [4.78, 5) is 0. The fourth-order valence-electron chi connectivity index (χ4n) is 1.90. The highest BCUT2D eigenvalue weighted by atomic mass is 79.9. The van der Waals surface area contributed by atoms with Gasteiger partial charge in [0.05, 0.1) is 5.56 Å². The lowest BCUT2D eigenvalue weighted by Gasteiger charge is -2.19. The van der Waals surface area contributed by atoms with Crippen LogP contribution in [0.1, 0.15) is 43.9 Å². The van der Waals surface area contributed by atoms with Gasteiger partial charge in [0, 0.05) is 10.5 Å². The van der Waals surface area contributed by atoms with Crippen LogP contribution in [0.3, 0.4) is 0 Å². The Kier molecular flexibility index (Phi) is 5.66. The van der Waals surface area contributed by atoms with Crippen LogP contribution in [0.2, 0.25) is 0 Å². The van der Waals surface area contributed by atoms with E-state index < -0.39 is 11.7 Å². The Morgan fingerprint density at radius 3 is 2.44 bits per heavy atom. The van der Waals surface area contributed by atoms with Gasteiger partial charge in [-0.1, -0.05) is 42.3 Å². The first-order valence-corrected chi connectivity index (χ1v) is 6.79. The zero-order valence-electron chi connectivity index (χ0n) is 10.4. The van der Waals surface area contributed by atoms with Crippen LogP contribution >= 0.6 is 15.9 Å². The minimum Gasteiger partial charge on any atom is -0.310 e. The highest BCUT2D eigenvalue weighted by Crippen LogP contribution is 2.36. The van der Waals surface area contributed by atoms with Crippen molar-refractivity contribution in [2.24, 2.45) is 0 Å². The van der Waals surface area contributed by atoms with Gasteiger partial charge in [-0.2, -0.15) is 13.2 Å². The average molecular weight is 324 g/mol. The van der Waals surface area contributed by atoms with Gasteiger partial charge < -0.3 is 5.32 Å². The van der Waals surface area contributed by atoms with E-state index in [1.54, 1.807) is 6.07 Å². The molecular formula is C13H17BrF3N. The van der Waals surface area contributed by atoms with Gasteiger partial charge in [0.2, 0.25) is 0 Å². The first kappa shape index (κ1) is 15.5. The quantitative estimate of drug-likeness (QED) is 0.811. The number of hydrogen-bond acceptors (Lipinski definition) is 1. The third-order valence-corrected chi connectivity index (χ3v) is 3.42. The van der Waals surface area contributed by atoms with Gasteiger partial charge in [-0.05, 0) is 30.7 Å². The third-order valence-electron chi connectivity index (χ3n) is 2.73. The molecule has 0 saturated heterocycles. The maximum Gasteiger partial charge on any atom is 0.417 e. The monoisotopic (exact) mass is 323 g/mol. The topological polar surface area (TPSA) is 12.0 Å². The largest absolute Gasteiger partial charge is 0.417 e. The van der Waals surface area contributed by atoms with Crippen LogP contribution < -0.4 is 5.32 Å². The molecule has 1 aromatic carbocycles. The molecule has 1 unspecified atom stereocenters. The summed E-state index contributed by atoms with van der Waals surface area (Å²) in [6, 6.07) is 4.42. The van der Waals surface area contributed by atoms with E-state index in [0.717, 1.165) is 19.4 Å². The Morgan fingerprint density at radius 1 is 1.28 bits per heavy atom. The second-order valence-electron chi connectivity index (χ2n) is 4.14. The predicted octanol–water partition coefficient (Wildman–Crippen LogP) is 4.92. The minimum absolute atomic E-state index is 0.0193. The molecule has 5 heteroatoms. The summed E-state index contributed by atoms with van der Waals surface area (Å²) >= 11 is 2.95. The van der Waals surface area contributed by atoms with Gasteiger partial charge in [-0.15, -0.1) is 0 Å². The van der Waals surface area contributed by atoms with Crippen LogP contribution in [0.5, 0.6) is 0 Å². The summed E-state index contributed by atoms with van der Waals surface area (Å²) in [5.41, 5.74) is 0.0771. The molecule has 1 aromatic rings. The van der Waals surface area contributed by atoms with Gasteiger partial charge in [0.1, 0.15) is 0 Å². The minimum atomic E-state index is -4.32. The molecule has 1 atom stereocenters. The Labute approximate surface area is 114 Å². The third kappa shape index (κ3) is 3.99. The summed E-state index contributed by atoms with van der Waals surface area (Å²) in [6.45, 7) is 4.71. The maximum atomic E-state index is 12.8. The normalized spacial score (nSPS) is 13.7. The SMILES string of the molecule is CCCC(NCC)c1ccc(Br)c(C(F)(F)F)c1. The molecule has 0 radical (unpaired) electrons. The lowest BCUT2D eigenvalue weighted by molar-refractivity contribution is -0.138. The van der Waals surface area contributed by atoms with Crippen molar-refractivity contribution in [2.75, 3.05) is 6.54 Å². The average Bonchev–Trinajstić information content (AvgIpc) is 2.28. The molecule has 0 aliphatic carbocycles. The van der Waals surface area contributed by atoms with Crippen molar-refractivity contribution >= 4 is 15.9 Å². The highest BCUT2D eigenvalue weighted by molar-refractivity contribution is 9.10. The Bertz CT molecular complexity index is 384. The lowest BCUT2D eigenvalue weighted by atomic mass is 10.00. The molecule has 102 valence electrons. The zero-order chi connectivity index (χ0) is 13.8. The van der Waals surface area contributed by atoms with Crippen molar-refractivity contribution in [1.29, 1.82) is 0 Å². The summed E-state index contributed by atoms with van der Waals surface area (Å²) in [5, 5.41) is 3.22. The summed E-state index contributed by atoms with van der Waals surface area (Å²) in [7, 11) is 0. The smallest absolute Gasteiger partial charge is 0.310 e. The zero-order valence-corrected chi connectivity index (χ0v) is 12.0. The fraction of sp³-hybridized carbons (Fsp3) is 0.538. The van der Waals surface area contributed by atoms with Crippen molar-refractivity contribution in [3.05, 3.63) is 33.8 Å². The van der Waals surface area contributed by atoms with Crippen LogP contribution in [-0.2, 0) is 6.18 Å². The molecule has 0 aliphatic heterocycles. The maximum absolute atomic E-state index is 12.8. The molecule has 18 heavy (non-hydrogen) atoms. The predicted molar refractivity (Wildman–Crippen MR) is 70.5 cm³/mol. The highest BCUT2D eigenvalue weighted by Gasteiger charge is 2.33. The molecule has 0 bridgehead atoms. The van der Waals surface area contributed by atoms with Gasteiger partial charge in [0.25, 0.3) is 0 Å². The molecule has 1 nitrogen and oxygen atoms in total. The Balaban J connectivity index is 3.09. The number of rotatable bonds is 5. The van der Waals surface area contributed by atoms with Crippen LogP contribution in [0.25, 0.3) is 0 Å². The first-order valence-electron chi connectivity index (χ1n) is 6.00. The number of benzene rings is 1. The standard InChI is InChI=1S/C13H17BrF3N/c1-3-5-12(18-4-2)9-6-7-11(14)10(8-9)13(15,16)17/h6-8,12,18H,3-5H2,1-2H3. The van der Waals surface area contributed by atoms with Crippen LogP contribution in [0.15, 0.2) is 22.7 Å². The number of nitrogens with one attached hydrogen (secondary N) is 1. The summed E-state index contributed by atoms with van der Waals surface area (Å²) in [5.74, 6) is 0. The van der Waals surface area contributed by atoms with Crippen molar-refractivity contribution < 1.29 is 13.2 Å². The van der Waals surface area contributed by atoms with E-state index in [4.69, 9.17) is 0 Å². The molecule has 0 spiro atoms. The first-order chi connectivity index (χ1) is 8.40. The van der Waals surface area contributed by atoms with Gasteiger partial charge >= 0.3 is 6.18 Å². The summed E-state index contributed by atoms with van der Waals surface area (Å²) in [6.07, 6.45) is -2.57. The summed E-state index contributed by atoms with van der Waals surface area (Å²) < 4.78 is 38.5. The lowest BCUT2D eigenvalue weighted by Crippen LogP contribution is -2.21. The van der Waals surface area contributed by atoms with E-state index in [0.29, 0.717) is 5.56 Å². The molecule has 0 saturated carbocycles. The van der Waals surface area contributed by atoms with Gasteiger partial charge in [-0.3, -0.25) is 0 Å². The molecule has 0 aromatic heterocycles. The Hall–Kier alpha value is -0.550. The fourth-order valence-corrected chi connectivity index (χ4v) is 2.37. The second kappa shape index (κ2) is 6.57. The van der Waals surface area contributed by atoms with E-state index in [2.05, 4.69) is 21.2 Å². The van der Waals surface area contributed by atoms with E-state index >= 15 is 0 Å². The van der Waals surface area contributed by atoms with E-state index in [1.165, 1.54) is 12.1 Å². The van der Waals surface area contributed by atoms with Crippen molar-refractivity contribution in [2.45, 2.75) is 38.9 Å². The van der Waals surface area contributed by atoms with Gasteiger partial charge in [0.15, 0.2) is 0 Å². The molecule has 0 aliphatic rings. The second-order valence-corrected chi connectivity index (χ2v) is 4.99. The van der Waals surface area contributed by atoms with Crippen LogP contribution in [0.4, 0.5) is 13.2 Å². The number of halogens is 4. The molecular weight excluding hydrogens is 307 g/mol. The Morgan fingerprint density at radius 2 is 1.94 bits per heavy atom. The number of alkyl halides is 3. The molecule has 0 heterocycles. The van der Waals surface area contributed by atoms with E-state index in [-0.39, 0.29) is 10.5 Å². The van der Waals surface area contributed by atoms with Crippen molar-refractivity contribution in [1.82, 2.24) is 5.32 Å². The van der Waals surface area contributed by atoms with E-state index in [1.807, 2.05) is 13.8 Å². The van der Waals surface area contributed by atoms with Crippen molar-refractivity contribution in [3.8, 4) is 0 Å². The molecule has 1 N–H and O–H groups in total. The number of hydrogen-bond donors (Lipinski definition) is 1. The molecule has 1 rings (SSSR count). The van der Waals surface area contributed by atoms with E-state index in [9.17, 15) is 13.2 Å². The van der Waals surface area contributed by atoms with Crippen molar-refractivity contribution in [3.63, 3.8) is 0 Å². The van der Waals surface area contributed by atoms with Crippen LogP contribution in [-0.4, -0.2) is 6.54 Å².